The van der Waals surface area contributed by atoms with E-state index in [2.05, 4.69) is 25.2 Å². The van der Waals surface area contributed by atoms with E-state index in [0.29, 0.717) is 19.3 Å². The summed E-state index contributed by atoms with van der Waals surface area (Å²) in [5.74, 6) is 1.61. The lowest BCUT2D eigenvalue weighted by Crippen LogP contribution is -2.22. The van der Waals surface area contributed by atoms with Crippen molar-refractivity contribution in [3.05, 3.63) is 23.8 Å². The molecule has 4 nitrogen and oxygen atoms in total. The molecule has 0 unspecified atom stereocenters. The van der Waals surface area contributed by atoms with Crippen molar-refractivity contribution in [1.82, 2.24) is 5.32 Å². The lowest BCUT2D eigenvalue weighted by Gasteiger charge is -2.17. The first kappa shape index (κ1) is 16.8. The largest absolute Gasteiger partial charge is 0.490 e. The van der Waals surface area contributed by atoms with Crippen LogP contribution in [0.5, 0.6) is 11.5 Å². The molecule has 114 valence electrons. The van der Waals surface area contributed by atoms with Crippen LogP contribution in [0.3, 0.4) is 0 Å². The molecule has 0 aliphatic carbocycles. The topological polar surface area (TPSA) is 50.7 Å². The van der Waals surface area contributed by atoms with Gasteiger partial charge in [0.15, 0.2) is 11.5 Å². The Labute approximate surface area is 122 Å². The number of benzene rings is 1. The second-order valence-electron chi connectivity index (χ2n) is 4.99. The number of aliphatic hydroxyl groups is 1. The monoisotopic (exact) mass is 281 g/mol. The van der Waals surface area contributed by atoms with Gasteiger partial charge in [0.2, 0.25) is 0 Å². The first-order valence-corrected chi connectivity index (χ1v) is 7.40. The van der Waals surface area contributed by atoms with E-state index >= 15 is 0 Å². The number of nitrogens with one attached hydrogen (secondary N) is 1. The Kier molecular flexibility index (Phi) is 8.07. The van der Waals surface area contributed by atoms with Crippen LogP contribution in [0.1, 0.15) is 39.2 Å². The minimum Gasteiger partial charge on any atom is -0.490 e. The molecule has 0 aromatic heterocycles. The number of unbranched alkanes of at least 4 members (excludes halogenated alkanes) is 1. The van der Waals surface area contributed by atoms with Gasteiger partial charge in [0.05, 0.1) is 13.2 Å². The zero-order valence-electron chi connectivity index (χ0n) is 12.8. The fraction of sp³-hybridized carbons (Fsp3) is 0.625. The van der Waals surface area contributed by atoms with Gasteiger partial charge in [-0.2, -0.15) is 0 Å². The molecule has 0 atom stereocenters. The average Bonchev–Trinajstić information content (AvgIpc) is 2.43. The fourth-order valence-corrected chi connectivity index (χ4v) is 1.84. The lowest BCUT2D eigenvalue weighted by molar-refractivity contribution is 0.241. The zero-order valence-corrected chi connectivity index (χ0v) is 12.8. The average molecular weight is 281 g/mol. The van der Waals surface area contributed by atoms with E-state index in [1.807, 2.05) is 19.1 Å². The Morgan fingerprint density at radius 3 is 2.65 bits per heavy atom. The van der Waals surface area contributed by atoms with Crippen molar-refractivity contribution < 1.29 is 14.6 Å². The maximum absolute atomic E-state index is 8.81. The summed E-state index contributed by atoms with van der Waals surface area (Å²) in [6, 6.07) is 6.40. The van der Waals surface area contributed by atoms with E-state index in [1.165, 1.54) is 0 Å². The molecule has 0 saturated carbocycles. The fourth-order valence-electron chi connectivity index (χ4n) is 1.84. The molecular formula is C16H27NO3. The molecule has 20 heavy (non-hydrogen) atoms. The molecule has 0 aliphatic heterocycles. The first-order chi connectivity index (χ1) is 9.69. The van der Waals surface area contributed by atoms with Crippen LogP contribution in [-0.4, -0.2) is 31.0 Å². The van der Waals surface area contributed by atoms with Crippen molar-refractivity contribution in [3.8, 4) is 11.5 Å². The molecule has 0 spiro atoms. The first-order valence-electron chi connectivity index (χ1n) is 7.40. The highest BCUT2D eigenvalue weighted by Crippen LogP contribution is 2.31. The third kappa shape index (κ3) is 5.80. The summed E-state index contributed by atoms with van der Waals surface area (Å²) in [5.41, 5.74) is 1.11. The number of para-hydroxylation sites is 1. The van der Waals surface area contributed by atoms with Gasteiger partial charge in [-0.25, -0.2) is 0 Å². The predicted octanol–water partition coefficient (Wildman–Crippen LogP) is 2.73. The molecule has 0 bridgehead atoms. The van der Waals surface area contributed by atoms with Gasteiger partial charge in [0, 0.05) is 24.8 Å². The van der Waals surface area contributed by atoms with Gasteiger partial charge < -0.3 is 19.9 Å². The summed E-state index contributed by atoms with van der Waals surface area (Å²) in [5, 5.41) is 12.2. The molecule has 2 N–H and O–H groups in total. The van der Waals surface area contributed by atoms with E-state index in [1.54, 1.807) is 0 Å². The third-order valence-electron chi connectivity index (χ3n) is 2.86. The highest BCUT2D eigenvalue weighted by Gasteiger charge is 2.11. The van der Waals surface area contributed by atoms with E-state index in [9.17, 15) is 0 Å². The summed E-state index contributed by atoms with van der Waals surface area (Å²) in [6.07, 6.45) is 1.60. The SMILES string of the molecule is CCOc1cccc(CNC(C)C)c1OCCCCO. The molecule has 0 aliphatic rings. The maximum atomic E-state index is 8.81. The Morgan fingerprint density at radius 1 is 1.20 bits per heavy atom. The standard InChI is InChI=1S/C16H27NO3/c1-4-19-15-9-7-8-14(12-17-13(2)3)16(15)20-11-6-5-10-18/h7-9,13,17-18H,4-6,10-12H2,1-3H3. The van der Waals surface area contributed by atoms with Crippen molar-refractivity contribution in [3.63, 3.8) is 0 Å². The highest BCUT2D eigenvalue weighted by atomic mass is 16.5. The minimum absolute atomic E-state index is 0.207. The van der Waals surface area contributed by atoms with Crippen molar-refractivity contribution in [2.75, 3.05) is 19.8 Å². The maximum Gasteiger partial charge on any atom is 0.165 e. The molecule has 4 heteroatoms. The molecule has 0 amide bonds. The smallest absolute Gasteiger partial charge is 0.165 e. The molecule has 0 saturated heterocycles. The molecular weight excluding hydrogens is 254 g/mol. The van der Waals surface area contributed by atoms with Gasteiger partial charge in [-0.05, 0) is 25.8 Å². The molecule has 0 fully saturated rings. The Balaban J connectivity index is 2.76. The summed E-state index contributed by atoms with van der Waals surface area (Å²) in [6.45, 7) is 8.39. The third-order valence-corrected chi connectivity index (χ3v) is 2.86. The second-order valence-corrected chi connectivity index (χ2v) is 4.99. The van der Waals surface area contributed by atoms with E-state index < -0.39 is 0 Å². The van der Waals surface area contributed by atoms with Crippen LogP contribution in [0.4, 0.5) is 0 Å². The lowest BCUT2D eigenvalue weighted by atomic mass is 10.1. The van der Waals surface area contributed by atoms with Crippen LogP contribution in [0.15, 0.2) is 18.2 Å². The molecule has 1 rings (SSSR count). The Hall–Kier alpha value is -1.26. The Morgan fingerprint density at radius 2 is 2.00 bits per heavy atom. The summed E-state index contributed by atoms with van der Waals surface area (Å²) in [7, 11) is 0. The van der Waals surface area contributed by atoms with Gasteiger partial charge in [-0.1, -0.05) is 26.0 Å². The van der Waals surface area contributed by atoms with Crippen LogP contribution in [0, 0.1) is 0 Å². The van der Waals surface area contributed by atoms with Crippen LogP contribution in [0.2, 0.25) is 0 Å². The molecule has 0 heterocycles. The minimum atomic E-state index is 0.207. The normalized spacial score (nSPS) is 10.8. The predicted molar refractivity (Wildman–Crippen MR) is 81.4 cm³/mol. The van der Waals surface area contributed by atoms with Crippen molar-refractivity contribution >= 4 is 0 Å². The number of rotatable bonds is 10. The molecule has 1 aromatic carbocycles. The highest BCUT2D eigenvalue weighted by molar-refractivity contribution is 5.46. The van der Waals surface area contributed by atoms with E-state index in [0.717, 1.165) is 36.4 Å². The van der Waals surface area contributed by atoms with Crippen LogP contribution in [0.25, 0.3) is 0 Å². The summed E-state index contributed by atoms with van der Waals surface area (Å²) < 4.78 is 11.5. The van der Waals surface area contributed by atoms with Crippen molar-refractivity contribution in [2.24, 2.45) is 0 Å². The van der Waals surface area contributed by atoms with Gasteiger partial charge in [0.25, 0.3) is 0 Å². The zero-order chi connectivity index (χ0) is 14.8. The quantitative estimate of drug-likeness (QED) is 0.648. The van der Waals surface area contributed by atoms with Gasteiger partial charge >= 0.3 is 0 Å². The number of ether oxygens (including phenoxy) is 2. The van der Waals surface area contributed by atoms with Gasteiger partial charge in [-0.15, -0.1) is 0 Å². The van der Waals surface area contributed by atoms with Crippen LogP contribution < -0.4 is 14.8 Å². The molecule has 0 radical (unpaired) electrons. The number of hydrogen-bond donors (Lipinski definition) is 2. The van der Waals surface area contributed by atoms with Gasteiger partial charge in [0.1, 0.15) is 0 Å². The number of aliphatic hydroxyl groups excluding tert-OH is 1. The van der Waals surface area contributed by atoms with E-state index in [4.69, 9.17) is 14.6 Å². The second kappa shape index (κ2) is 9.61. The van der Waals surface area contributed by atoms with E-state index in [-0.39, 0.29) is 6.61 Å². The van der Waals surface area contributed by atoms with Crippen LogP contribution in [-0.2, 0) is 6.54 Å². The Bertz CT molecular complexity index is 380. The summed E-state index contributed by atoms with van der Waals surface area (Å²) in [4.78, 5) is 0. The van der Waals surface area contributed by atoms with Crippen LogP contribution >= 0.6 is 0 Å². The molecule has 1 aromatic rings. The van der Waals surface area contributed by atoms with Crippen molar-refractivity contribution in [2.45, 2.75) is 46.2 Å². The van der Waals surface area contributed by atoms with Gasteiger partial charge in [-0.3, -0.25) is 0 Å². The summed E-state index contributed by atoms with van der Waals surface area (Å²) >= 11 is 0. The van der Waals surface area contributed by atoms with Crippen molar-refractivity contribution in [1.29, 1.82) is 0 Å². The number of hydrogen-bond acceptors (Lipinski definition) is 4.